The Morgan fingerprint density at radius 1 is 1.57 bits per heavy atom. The molecule has 5 nitrogen and oxygen atoms in total. The maximum atomic E-state index is 11.2. The van der Waals surface area contributed by atoms with Crippen molar-refractivity contribution >= 4 is 17.1 Å². The molecule has 0 aliphatic heterocycles. The molecule has 72 valence electrons. The molecule has 0 fully saturated rings. The molecule has 0 saturated carbocycles. The monoisotopic (exact) mass is 193 g/mol. The third-order valence-corrected chi connectivity index (χ3v) is 1.91. The number of pyridine rings is 1. The average Bonchev–Trinajstić information content (AvgIpc) is 2.67. The molecule has 0 spiro atoms. The SMILES string of the molecule is COC(=O)c1cc[n+]([O-])c2ccoc12. The van der Waals surface area contributed by atoms with Gasteiger partial charge in [-0.1, -0.05) is 0 Å². The fraction of sp³-hybridized carbons (Fsp3) is 0.111. The molecule has 2 aromatic rings. The van der Waals surface area contributed by atoms with Crippen LogP contribution in [0.15, 0.2) is 29.0 Å². The highest BCUT2D eigenvalue weighted by Gasteiger charge is 2.17. The molecule has 0 unspecified atom stereocenters. The van der Waals surface area contributed by atoms with E-state index < -0.39 is 5.97 Å². The van der Waals surface area contributed by atoms with E-state index in [9.17, 15) is 10.0 Å². The quantitative estimate of drug-likeness (QED) is 0.382. The van der Waals surface area contributed by atoms with Gasteiger partial charge in [0.25, 0.3) is 5.52 Å². The lowest BCUT2D eigenvalue weighted by molar-refractivity contribution is -0.577. The van der Waals surface area contributed by atoms with Crippen molar-refractivity contribution in [3.63, 3.8) is 0 Å². The summed E-state index contributed by atoms with van der Waals surface area (Å²) in [4.78, 5) is 11.2. The molecule has 0 bridgehead atoms. The Morgan fingerprint density at radius 2 is 2.36 bits per heavy atom. The van der Waals surface area contributed by atoms with Crippen LogP contribution in [-0.4, -0.2) is 13.1 Å². The van der Waals surface area contributed by atoms with Gasteiger partial charge in [-0.3, -0.25) is 0 Å². The summed E-state index contributed by atoms with van der Waals surface area (Å²) in [7, 11) is 1.27. The van der Waals surface area contributed by atoms with Gasteiger partial charge in [-0.05, 0) is 0 Å². The number of aromatic nitrogens is 1. The zero-order valence-electron chi connectivity index (χ0n) is 7.39. The molecule has 0 saturated heterocycles. The van der Waals surface area contributed by atoms with Crippen LogP contribution in [0.25, 0.3) is 11.1 Å². The predicted octanol–water partition coefficient (Wildman–Crippen LogP) is 0.853. The minimum atomic E-state index is -0.523. The lowest BCUT2D eigenvalue weighted by atomic mass is 10.2. The Labute approximate surface area is 79.1 Å². The van der Waals surface area contributed by atoms with E-state index in [-0.39, 0.29) is 11.1 Å². The number of hydrogen-bond acceptors (Lipinski definition) is 4. The lowest BCUT2D eigenvalue weighted by Gasteiger charge is -2.00. The van der Waals surface area contributed by atoms with Crippen molar-refractivity contribution in [2.24, 2.45) is 0 Å². The second kappa shape index (κ2) is 3.02. The molecule has 14 heavy (non-hydrogen) atoms. The van der Waals surface area contributed by atoms with Crippen LogP contribution in [0.4, 0.5) is 0 Å². The number of ether oxygens (including phenoxy) is 1. The number of esters is 1. The second-order valence-corrected chi connectivity index (χ2v) is 2.68. The van der Waals surface area contributed by atoms with E-state index in [0.717, 1.165) is 0 Å². The van der Waals surface area contributed by atoms with Gasteiger partial charge in [0.15, 0.2) is 6.20 Å². The van der Waals surface area contributed by atoms with Crippen LogP contribution in [0.1, 0.15) is 10.4 Å². The summed E-state index contributed by atoms with van der Waals surface area (Å²) in [5, 5.41) is 11.2. The molecule has 2 aromatic heterocycles. The fourth-order valence-electron chi connectivity index (χ4n) is 1.25. The fourth-order valence-corrected chi connectivity index (χ4v) is 1.25. The molecular formula is C9H7NO4. The first-order valence-corrected chi connectivity index (χ1v) is 3.91. The van der Waals surface area contributed by atoms with Gasteiger partial charge in [-0.2, -0.15) is 4.73 Å². The minimum absolute atomic E-state index is 0.245. The normalized spacial score (nSPS) is 10.4. The molecule has 5 heteroatoms. The van der Waals surface area contributed by atoms with Gasteiger partial charge >= 0.3 is 5.97 Å². The number of hydrogen-bond donors (Lipinski definition) is 0. The summed E-state index contributed by atoms with van der Waals surface area (Å²) in [5.41, 5.74) is 0.807. The van der Waals surface area contributed by atoms with Crippen LogP contribution < -0.4 is 4.73 Å². The van der Waals surface area contributed by atoms with Crippen molar-refractivity contribution in [1.29, 1.82) is 0 Å². The van der Waals surface area contributed by atoms with Crippen LogP contribution in [0.3, 0.4) is 0 Å². The van der Waals surface area contributed by atoms with E-state index in [1.165, 1.54) is 31.7 Å². The molecule has 0 radical (unpaired) electrons. The number of rotatable bonds is 1. The molecule has 2 heterocycles. The largest absolute Gasteiger partial charge is 0.618 e. The number of methoxy groups -OCH3 is 1. The average molecular weight is 193 g/mol. The summed E-state index contributed by atoms with van der Waals surface area (Å²) in [6.45, 7) is 0. The van der Waals surface area contributed by atoms with Crippen molar-refractivity contribution in [3.8, 4) is 0 Å². The van der Waals surface area contributed by atoms with Crippen molar-refractivity contribution in [1.82, 2.24) is 0 Å². The molecule has 0 aliphatic carbocycles. The number of nitrogens with zero attached hydrogens (tertiary/aromatic N) is 1. The van der Waals surface area contributed by atoms with Crippen molar-refractivity contribution in [2.45, 2.75) is 0 Å². The van der Waals surface area contributed by atoms with E-state index in [1.807, 2.05) is 0 Å². The van der Waals surface area contributed by atoms with E-state index >= 15 is 0 Å². The maximum absolute atomic E-state index is 11.2. The predicted molar refractivity (Wildman–Crippen MR) is 46.5 cm³/mol. The summed E-state index contributed by atoms with van der Waals surface area (Å²) >= 11 is 0. The topological polar surface area (TPSA) is 66.4 Å². The minimum Gasteiger partial charge on any atom is -0.618 e. The van der Waals surface area contributed by atoms with E-state index in [0.29, 0.717) is 10.2 Å². The van der Waals surface area contributed by atoms with Gasteiger partial charge in [-0.15, -0.1) is 0 Å². The molecule has 2 rings (SSSR count). The van der Waals surface area contributed by atoms with E-state index in [2.05, 4.69) is 4.74 Å². The van der Waals surface area contributed by atoms with Gasteiger partial charge in [0.1, 0.15) is 5.56 Å². The van der Waals surface area contributed by atoms with Crippen LogP contribution in [0.5, 0.6) is 0 Å². The van der Waals surface area contributed by atoms with Gasteiger partial charge in [0.05, 0.1) is 19.4 Å². The van der Waals surface area contributed by atoms with Gasteiger partial charge in [0.2, 0.25) is 5.58 Å². The summed E-state index contributed by atoms with van der Waals surface area (Å²) in [5.74, 6) is -0.523. The third kappa shape index (κ3) is 1.10. The first-order valence-electron chi connectivity index (χ1n) is 3.91. The van der Waals surface area contributed by atoms with Crippen LogP contribution in [-0.2, 0) is 4.74 Å². The Morgan fingerprint density at radius 3 is 3.07 bits per heavy atom. The summed E-state index contributed by atoms with van der Waals surface area (Å²) in [6.07, 6.45) is 2.59. The van der Waals surface area contributed by atoms with Crippen LogP contribution in [0.2, 0.25) is 0 Å². The Balaban J connectivity index is 2.72. The zero-order chi connectivity index (χ0) is 10.1. The maximum Gasteiger partial charge on any atom is 0.342 e. The van der Waals surface area contributed by atoms with E-state index in [1.54, 1.807) is 0 Å². The highest BCUT2D eigenvalue weighted by molar-refractivity contribution is 5.99. The number of carbonyl (C=O) groups excluding carboxylic acids is 1. The number of furan rings is 1. The Hall–Kier alpha value is -2.04. The highest BCUT2D eigenvalue weighted by Crippen LogP contribution is 2.16. The first-order chi connectivity index (χ1) is 6.74. The van der Waals surface area contributed by atoms with Gasteiger partial charge < -0.3 is 14.4 Å². The summed E-state index contributed by atoms with van der Waals surface area (Å²) in [6, 6.07) is 2.86. The second-order valence-electron chi connectivity index (χ2n) is 2.68. The molecular weight excluding hydrogens is 186 g/mol. The van der Waals surface area contributed by atoms with Crippen molar-refractivity contribution in [2.75, 3.05) is 7.11 Å². The molecule has 0 aromatic carbocycles. The Kier molecular flexibility index (Phi) is 1.85. The van der Waals surface area contributed by atoms with E-state index in [4.69, 9.17) is 4.42 Å². The summed E-state index contributed by atoms with van der Waals surface area (Å²) < 4.78 is 10.2. The first kappa shape index (κ1) is 8.55. The lowest BCUT2D eigenvalue weighted by Crippen LogP contribution is -2.26. The van der Waals surface area contributed by atoms with Crippen molar-refractivity contribution in [3.05, 3.63) is 35.4 Å². The molecule has 0 N–H and O–H groups in total. The van der Waals surface area contributed by atoms with Crippen LogP contribution in [0, 0.1) is 5.21 Å². The van der Waals surface area contributed by atoms with Gasteiger partial charge in [-0.25, -0.2) is 4.79 Å². The number of carbonyl (C=O) groups is 1. The standard InChI is InChI=1S/C9H7NO4/c1-13-9(11)6-2-4-10(12)7-3-5-14-8(6)7/h2-5H,1H3. The number of fused-ring (bicyclic) bond motifs is 1. The Bertz CT molecular complexity index is 489. The third-order valence-electron chi connectivity index (χ3n) is 1.91. The molecule has 0 atom stereocenters. The molecule has 0 aliphatic rings. The van der Waals surface area contributed by atoms with Crippen LogP contribution >= 0.6 is 0 Å². The highest BCUT2D eigenvalue weighted by atomic mass is 16.5. The smallest absolute Gasteiger partial charge is 0.342 e. The van der Waals surface area contributed by atoms with Gasteiger partial charge in [0, 0.05) is 6.07 Å². The zero-order valence-corrected chi connectivity index (χ0v) is 7.39. The molecule has 0 amide bonds. The van der Waals surface area contributed by atoms with Crippen molar-refractivity contribution < 1.29 is 18.7 Å².